The van der Waals surface area contributed by atoms with Crippen LogP contribution in [0.4, 0.5) is 0 Å². The van der Waals surface area contributed by atoms with E-state index in [1.165, 1.54) is 0 Å². The number of hydrogen-bond acceptors (Lipinski definition) is 4. The highest BCUT2D eigenvalue weighted by atomic mass is 16.5. The minimum atomic E-state index is 0.119. The maximum absolute atomic E-state index is 12.3. The molecule has 2 heterocycles. The molecule has 5 heteroatoms. The molecule has 2 rings (SSSR count). The van der Waals surface area contributed by atoms with E-state index in [2.05, 4.69) is 4.90 Å². The molecule has 2 saturated heterocycles. The van der Waals surface area contributed by atoms with E-state index in [0.717, 1.165) is 32.2 Å². The van der Waals surface area contributed by atoms with Crippen LogP contribution >= 0.6 is 0 Å². The molecule has 0 saturated carbocycles. The van der Waals surface area contributed by atoms with Gasteiger partial charge in [-0.2, -0.15) is 0 Å². The maximum atomic E-state index is 12.3. The SMILES string of the molecule is CC1CN(C(=O)CN2CCC(C=O)CC2)CC(C)O1. The van der Waals surface area contributed by atoms with Crippen LogP contribution < -0.4 is 0 Å². The predicted molar refractivity (Wildman–Crippen MR) is 71.8 cm³/mol. The minimum absolute atomic E-state index is 0.119. The van der Waals surface area contributed by atoms with Gasteiger partial charge in [0.15, 0.2) is 0 Å². The van der Waals surface area contributed by atoms with E-state index in [1.54, 1.807) is 0 Å². The molecule has 0 aromatic carbocycles. The highest BCUT2D eigenvalue weighted by molar-refractivity contribution is 5.78. The second kappa shape index (κ2) is 6.48. The summed E-state index contributed by atoms with van der Waals surface area (Å²) in [6, 6.07) is 0. The first-order valence-corrected chi connectivity index (χ1v) is 7.19. The highest BCUT2D eigenvalue weighted by Crippen LogP contribution is 2.16. The lowest BCUT2D eigenvalue weighted by atomic mass is 9.99. The van der Waals surface area contributed by atoms with Gasteiger partial charge in [0.2, 0.25) is 5.91 Å². The first-order chi connectivity index (χ1) is 9.08. The predicted octanol–water partition coefficient (Wildman–Crippen LogP) is 0.533. The minimum Gasteiger partial charge on any atom is -0.372 e. The third-order valence-electron chi connectivity index (χ3n) is 3.96. The van der Waals surface area contributed by atoms with Crippen molar-refractivity contribution in [3.63, 3.8) is 0 Å². The Labute approximate surface area is 114 Å². The number of morpholine rings is 1. The molecular formula is C14H24N2O3. The standard InChI is InChI=1S/C14H24N2O3/c1-11-7-16(8-12(2)19-11)14(18)9-15-5-3-13(10-17)4-6-15/h10-13H,3-9H2,1-2H3. The Bertz CT molecular complexity index is 317. The molecule has 2 atom stereocenters. The van der Waals surface area contributed by atoms with Crippen LogP contribution in [0, 0.1) is 5.92 Å². The average Bonchev–Trinajstić information content (AvgIpc) is 2.38. The number of carbonyl (C=O) groups excluding carboxylic acids is 2. The Kier molecular flexibility index (Phi) is 4.93. The molecule has 0 aliphatic carbocycles. The molecule has 2 fully saturated rings. The number of hydrogen-bond donors (Lipinski definition) is 0. The molecule has 0 bridgehead atoms. The first-order valence-electron chi connectivity index (χ1n) is 7.19. The molecule has 5 nitrogen and oxygen atoms in total. The van der Waals surface area contributed by atoms with Crippen LogP contribution in [0.2, 0.25) is 0 Å². The van der Waals surface area contributed by atoms with Crippen molar-refractivity contribution in [1.82, 2.24) is 9.80 Å². The second-order valence-electron chi connectivity index (χ2n) is 5.81. The molecule has 1 amide bonds. The molecule has 0 radical (unpaired) electrons. The van der Waals surface area contributed by atoms with Crippen LogP contribution in [0.25, 0.3) is 0 Å². The van der Waals surface area contributed by atoms with Crippen molar-refractivity contribution in [3.8, 4) is 0 Å². The molecular weight excluding hydrogens is 244 g/mol. The summed E-state index contributed by atoms with van der Waals surface area (Å²) in [6.45, 7) is 7.57. The Morgan fingerprint density at radius 3 is 2.32 bits per heavy atom. The second-order valence-corrected chi connectivity index (χ2v) is 5.81. The van der Waals surface area contributed by atoms with Crippen molar-refractivity contribution >= 4 is 12.2 Å². The third kappa shape index (κ3) is 4.01. The number of aldehydes is 1. The third-order valence-corrected chi connectivity index (χ3v) is 3.96. The maximum Gasteiger partial charge on any atom is 0.236 e. The van der Waals surface area contributed by atoms with Gasteiger partial charge in [-0.3, -0.25) is 9.69 Å². The van der Waals surface area contributed by atoms with Crippen molar-refractivity contribution in [2.75, 3.05) is 32.7 Å². The zero-order valence-corrected chi connectivity index (χ0v) is 11.9. The molecule has 0 N–H and O–H groups in total. The quantitative estimate of drug-likeness (QED) is 0.701. The summed E-state index contributed by atoms with van der Waals surface area (Å²) >= 11 is 0. The lowest BCUT2D eigenvalue weighted by molar-refractivity contribution is -0.144. The summed E-state index contributed by atoms with van der Waals surface area (Å²) in [5.41, 5.74) is 0. The molecule has 2 aliphatic rings. The van der Waals surface area contributed by atoms with Gasteiger partial charge in [-0.05, 0) is 39.8 Å². The van der Waals surface area contributed by atoms with Crippen LogP contribution in [0.3, 0.4) is 0 Å². The normalized spacial score (nSPS) is 30.3. The zero-order chi connectivity index (χ0) is 13.8. The Morgan fingerprint density at radius 1 is 1.21 bits per heavy atom. The van der Waals surface area contributed by atoms with E-state index in [4.69, 9.17) is 4.74 Å². The molecule has 108 valence electrons. The van der Waals surface area contributed by atoms with Crippen LogP contribution in [0.1, 0.15) is 26.7 Å². The largest absolute Gasteiger partial charge is 0.372 e. The molecule has 0 spiro atoms. The average molecular weight is 268 g/mol. The number of nitrogens with zero attached hydrogens (tertiary/aromatic N) is 2. The molecule has 2 aliphatic heterocycles. The van der Waals surface area contributed by atoms with Gasteiger partial charge in [0, 0.05) is 19.0 Å². The number of carbonyl (C=O) groups is 2. The smallest absolute Gasteiger partial charge is 0.236 e. The Morgan fingerprint density at radius 2 is 1.79 bits per heavy atom. The number of likely N-dealkylation sites (tertiary alicyclic amines) is 1. The summed E-state index contributed by atoms with van der Waals surface area (Å²) in [5.74, 6) is 0.376. The monoisotopic (exact) mass is 268 g/mol. The highest BCUT2D eigenvalue weighted by Gasteiger charge is 2.28. The van der Waals surface area contributed by atoms with Crippen molar-refractivity contribution < 1.29 is 14.3 Å². The first kappa shape index (κ1) is 14.5. The van der Waals surface area contributed by atoms with E-state index in [-0.39, 0.29) is 24.0 Å². The van der Waals surface area contributed by atoms with Gasteiger partial charge in [0.25, 0.3) is 0 Å². The lowest BCUT2D eigenvalue weighted by Gasteiger charge is -2.37. The van der Waals surface area contributed by atoms with Gasteiger partial charge in [-0.1, -0.05) is 0 Å². The van der Waals surface area contributed by atoms with Crippen molar-refractivity contribution in [3.05, 3.63) is 0 Å². The Balaban J connectivity index is 1.79. The van der Waals surface area contributed by atoms with Crippen LogP contribution in [0.5, 0.6) is 0 Å². The van der Waals surface area contributed by atoms with Gasteiger partial charge < -0.3 is 14.4 Å². The van der Waals surface area contributed by atoms with Gasteiger partial charge >= 0.3 is 0 Å². The molecule has 2 unspecified atom stereocenters. The summed E-state index contributed by atoms with van der Waals surface area (Å²) in [5, 5.41) is 0. The number of piperidine rings is 1. The summed E-state index contributed by atoms with van der Waals surface area (Å²) in [7, 11) is 0. The fraction of sp³-hybridized carbons (Fsp3) is 0.857. The van der Waals surface area contributed by atoms with Gasteiger partial charge in [0.05, 0.1) is 18.8 Å². The van der Waals surface area contributed by atoms with Gasteiger partial charge in [-0.25, -0.2) is 0 Å². The molecule has 0 aromatic heterocycles. The molecule has 19 heavy (non-hydrogen) atoms. The summed E-state index contributed by atoms with van der Waals surface area (Å²) in [4.78, 5) is 27.0. The fourth-order valence-corrected chi connectivity index (χ4v) is 2.92. The number of rotatable bonds is 3. The van der Waals surface area contributed by atoms with E-state index in [9.17, 15) is 9.59 Å². The van der Waals surface area contributed by atoms with Crippen molar-refractivity contribution in [2.45, 2.75) is 38.9 Å². The Hall–Kier alpha value is -0.940. The van der Waals surface area contributed by atoms with Gasteiger partial charge in [-0.15, -0.1) is 0 Å². The lowest BCUT2D eigenvalue weighted by Crippen LogP contribution is -2.51. The van der Waals surface area contributed by atoms with Crippen LogP contribution in [-0.2, 0) is 14.3 Å². The van der Waals surface area contributed by atoms with Crippen molar-refractivity contribution in [2.24, 2.45) is 5.92 Å². The zero-order valence-electron chi connectivity index (χ0n) is 11.9. The van der Waals surface area contributed by atoms with Crippen LogP contribution in [-0.4, -0.2) is 66.9 Å². The van der Waals surface area contributed by atoms with Crippen LogP contribution in [0.15, 0.2) is 0 Å². The summed E-state index contributed by atoms with van der Waals surface area (Å²) in [6.07, 6.45) is 3.05. The van der Waals surface area contributed by atoms with E-state index < -0.39 is 0 Å². The van der Waals surface area contributed by atoms with E-state index >= 15 is 0 Å². The fourth-order valence-electron chi connectivity index (χ4n) is 2.92. The number of amides is 1. The van der Waals surface area contributed by atoms with E-state index in [1.807, 2.05) is 18.7 Å². The number of ether oxygens (including phenoxy) is 1. The van der Waals surface area contributed by atoms with Gasteiger partial charge in [0.1, 0.15) is 6.29 Å². The van der Waals surface area contributed by atoms with E-state index in [0.29, 0.717) is 19.6 Å². The summed E-state index contributed by atoms with van der Waals surface area (Å²) < 4.78 is 5.64. The topological polar surface area (TPSA) is 49.9 Å². The van der Waals surface area contributed by atoms with Crippen molar-refractivity contribution in [1.29, 1.82) is 0 Å². The molecule has 0 aromatic rings.